The van der Waals surface area contributed by atoms with E-state index in [2.05, 4.69) is 20.9 Å². The van der Waals surface area contributed by atoms with Crippen molar-refractivity contribution in [2.24, 2.45) is 5.92 Å². The van der Waals surface area contributed by atoms with Gasteiger partial charge in [-0.15, -0.1) is 0 Å². The lowest BCUT2D eigenvalue weighted by atomic mass is 9.83. The first kappa shape index (κ1) is 16.9. The van der Waals surface area contributed by atoms with E-state index in [-0.39, 0.29) is 5.56 Å². The minimum absolute atomic E-state index is 0.140. The number of pyridine rings is 1. The zero-order valence-corrected chi connectivity index (χ0v) is 15.5. The second-order valence-corrected chi connectivity index (χ2v) is 7.84. The predicted octanol–water partition coefficient (Wildman–Crippen LogP) is 1.09. The summed E-state index contributed by atoms with van der Waals surface area (Å²) in [5.41, 5.74) is 2.40. The van der Waals surface area contributed by atoms with E-state index in [1.165, 1.54) is 12.1 Å². The summed E-state index contributed by atoms with van der Waals surface area (Å²) in [6.07, 6.45) is 3.05. The first-order valence-electron chi connectivity index (χ1n) is 9.83. The molecule has 2 atom stereocenters. The fourth-order valence-electron chi connectivity index (χ4n) is 4.74. The van der Waals surface area contributed by atoms with Gasteiger partial charge in [0.1, 0.15) is 0 Å². The Balaban J connectivity index is 1.32. The summed E-state index contributed by atoms with van der Waals surface area (Å²) < 4.78 is 7.41. The molecule has 2 saturated heterocycles. The van der Waals surface area contributed by atoms with Gasteiger partial charge in [0.2, 0.25) is 5.95 Å². The smallest absolute Gasteiger partial charge is 0.250 e. The Bertz CT molecular complexity index is 877. The van der Waals surface area contributed by atoms with Crippen molar-refractivity contribution < 1.29 is 4.74 Å². The van der Waals surface area contributed by atoms with Gasteiger partial charge in [-0.2, -0.15) is 0 Å². The molecule has 0 aromatic carbocycles. The lowest BCUT2D eigenvalue weighted by Gasteiger charge is -2.42. The molecule has 0 aliphatic carbocycles. The Morgan fingerprint density at radius 1 is 1.11 bits per heavy atom. The van der Waals surface area contributed by atoms with Crippen molar-refractivity contribution in [3.05, 3.63) is 52.2 Å². The normalized spacial score (nSPS) is 25.3. The molecule has 0 unspecified atom stereocenters. The third-order valence-electron chi connectivity index (χ3n) is 5.94. The monoisotopic (exact) mass is 367 g/mol. The van der Waals surface area contributed by atoms with Crippen LogP contribution in [0.2, 0.25) is 0 Å². The number of anilines is 1. The van der Waals surface area contributed by atoms with E-state index in [1.807, 2.05) is 22.9 Å². The minimum Gasteiger partial charge on any atom is -0.378 e. The van der Waals surface area contributed by atoms with Crippen LogP contribution in [0, 0.1) is 5.92 Å². The van der Waals surface area contributed by atoms with E-state index in [0.29, 0.717) is 11.8 Å². The van der Waals surface area contributed by atoms with Crippen LogP contribution in [-0.2, 0) is 17.8 Å². The summed E-state index contributed by atoms with van der Waals surface area (Å²) in [5, 5.41) is 0. The van der Waals surface area contributed by atoms with Crippen LogP contribution in [0.5, 0.6) is 0 Å². The number of fused-ring (bicyclic) bond motifs is 4. The van der Waals surface area contributed by atoms with Crippen LogP contribution >= 0.6 is 0 Å². The highest BCUT2D eigenvalue weighted by Crippen LogP contribution is 2.35. The lowest BCUT2D eigenvalue weighted by molar-refractivity contribution is 0.113. The molecule has 7 nitrogen and oxygen atoms in total. The number of piperidine rings is 1. The van der Waals surface area contributed by atoms with E-state index in [4.69, 9.17) is 9.72 Å². The summed E-state index contributed by atoms with van der Waals surface area (Å²) in [6, 6.07) is 7.71. The highest BCUT2D eigenvalue weighted by Gasteiger charge is 2.34. The van der Waals surface area contributed by atoms with E-state index < -0.39 is 0 Å². The summed E-state index contributed by atoms with van der Waals surface area (Å²) >= 11 is 0. The molecule has 142 valence electrons. The van der Waals surface area contributed by atoms with Crippen LogP contribution in [0.4, 0.5) is 5.95 Å². The Kier molecular flexibility index (Phi) is 4.41. The molecule has 27 heavy (non-hydrogen) atoms. The van der Waals surface area contributed by atoms with Gasteiger partial charge in [-0.1, -0.05) is 6.07 Å². The summed E-state index contributed by atoms with van der Waals surface area (Å²) in [6.45, 7) is 6.86. The quantitative estimate of drug-likeness (QED) is 0.809. The average Bonchev–Trinajstić information content (AvgIpc) is 2.70. The zero-order chi connectivity index (χ0) is 18.2. The van der Waals surface area contributed by atoms with Crippen molar-refractivity contribution >= 4 is 5.95 Å². The van der Waals surface area contributed by atoms with Gasteiger partial charge in [0.25, 0.3) is 5.56 Å². The van der Waals surface area contributed by atoms with Gasteiger partial charge in [-0.05, 0) is 24.5 Å². The number of hydrogen-bond acceptors (Lipinski definition) is 6. The first-order chi connectivity index (χ1) is 13.3. The van der Waals surface area contributed by atoms with Crippen LogP contribution in [0.25, 0.3) is 0 Å². The summed E-state index contributed by atoms with van der Waals surface area (Å²) in [5.74, 6) is 1.79. The molecule has 5 heterocycles. The van der Waals surface area contributed by atoms with E-state index in [0.717, 1.165) is 64.1 Å². The Hall–Kier alpha value is -2.25. The fourth-order valence-corrected chi connectivity index (χ4v) is 4.74. The second-order valence-electron chi connectivity index (χ2n) is 7.84. The molecule has 2 bridgehead atoms. The standard InChI is InChI=1S/C20H25N5O2/c26-19-3-1-2-18-16-10-15(12-25(18)19)11-23(13-16)14-17-4-5-21-20(22-17)24-6-8-27-9-7-24/h1-5,15-16H,6-14H2/t15-,16+/m1/s1. The van der Waals surface area contributed by atoms with Crippen molar-refractivity contribution in [3.8, 4) is 0 Å². The molecule has 0 amide bonds. The number of likely N-dealkylation sites (tertiary alicyclic amines) is 1. The van der Waals surface area contributed by atoms with Gasteiger partial charge in [-0.3, -0.25) is 9.69 Å². The number of nitrogens with zero attached hydrogens (tertiary/aromatic N) is 5. The predicted molar refractivity (Wildman–Crippen MR) is 102 cm³/mol. The molecule has 0 N–H and O–H groups in total. The molecule has 2 aromatic rings. The van der Waals surface area contributed by atoms with Crippen LogP contribution in [-0.4, -0.2) is 58.8 Å². The van der Waals surface area contributed by atoms with Crippen molar-refractivity contribution in [3.63, 3.8) is 0 Å². The molecule has 2 fully saturated rings. The number of ether oxygens (including phenoxy) is 1. The highest BCUT2D eigenvalue weighted by molar-refractivity contribution is 5.30. The first-order valence-corrected chi connectivity index (χ1v) is 9.83. The summed E-state index contributed by atoms with van der Waals surface area (Å²) in [4.78, 5) is 26.1. The molecule has 0 spiro atoms. The SMILES string of the molecule is O=c1cccc2n1C[C@@H]1C[C@H]2CN(Cc2ccnc(N3CCOCC3)n2)C1. The Morgan fingerprint density at radius 2 is 2.00 bits per heavy atom. The second kappa shape index (κ2) is 7.05. The number of aromatic nitrogens is 3. The molecule has 3 aliphatic rings. The molecule has 3 aliphatic heterocycles. The maximum Gasteiger partial charge on any atom is 0.250 e. The van der Waals surface area contributed by atoms with Gasteiger partial charge in [0.05, 0.1) is 18.9 Å². The van der Waals surface area contributed by atoms with Crippen LogP contribution in [0.15, 0.2) is 35.3 Å². The van der Waals surface area contributed by atoms with Crippen LogP contribution in [0.3, 0.4) is 0 Å². The average molecular weight is 367 g/mol. The third kappa shape index (κ3) is 3.37. The number of morpholine rings is 1. The van der Waals surface area contributed by atoms with Gasteiger partial charge >= 0.3 is 0 Å². The van der Waals surface area contributed by atoms with E-state index in [1.54, 1.807) is 6.07 Å². The van der Waals surface area contributed by atoms with Crippen molar-refractivity contribution in [1.29, 1.82) is 0 Å². The molecule has 2 aromatic heterocycles. The van der Waals surface area contributed by atoms with E-state index >= 15 is 0 Å². The zero-order valence-electron chi connectivity index (χ0n) is 15.5. The topological polar surface area (TPSA) is 63.5 Å². The minimum atomic E-state index is 0.140. The van der Waals surface area contributed by atoms with Crippen molar-refractivity contribution in [1.82, 2.24) is 19.4 Å². The number of rotatable bonds is 3. The van der Waals surface area contributed by atoms with Gasteiger partial charge < -0.3 is 14.2 Å². The molecular formula is C20H25N5O2. The van der Waals surface area contributed by atoms with Crippen LogP contribution < -0.4 is 10.5 Å². The largest absolute Gasteiger partial charge is 0.378 e. The molecular weight excluding hydrogens is 342 g/mol. The van der Waals surface area contributed by atoms with Gasteiger partial charge in [0.15, 0.2) is 0 Å². The van der Waals surface area contributed by atoms with Crippen molar-refractivity contribution in [2.75, 3.05) is 44.3 Å². The molecule has 0 saturated carbocycles. The number of hydrogen-bond donors (Lipinski definition) is 0. The van der Waals surface area contributed by atoms with Crippen LogP contribution in [0.1, 0.15) is 23.7 Å². The van der Waals surface area contributed by atoms with E-state index in [9.17, 15) is 4.79 Å². The fraction of sp³-hybridized carbons (Fsp3) is 0.550. The van der Waals surface area contributed by atoms with Gasteiger partial charge in [-0.25, -0.2) is 9.97 Å². The maximum atomic E-state index is 12.2. The Labute approximate surface area is 158 Å². The van der Waals surface area contributed by atoms with Gasteiger partial charge in [0, 0.05) is 63.1 Å². The lowest BCUT2D eigenvalue weighted by Crippen LogP contribution is -2.46. The Morgan fingerprint density at radius 3 is 2.89 bits per heavy atom. The van der Waals surface area contributed by atoms with Crippen molar-refractivity contribution in [2.45, 2.75) is 25.4 Å². The molecule has 5 rings (SSSR count). The molecule has 7 heteroatoms. The molecule has 0 radical (unpaired) electrons. The third-order valence-corrected chi connectivity index (χ3v) is 5.94. The highest BCUT2D eigenvalue weighted by atomic mass is 16.5. The maximum absolute atomic E-state index is 12.2. The summed E-state index contributed by atoms with van der Waals surface area (Å²) in [7, 11) is 0.